The summed E-state index contributed by atoms with van der Waals surface area (Å²) < 4.78 is 27.6. The van der Waals surface area contributed by atoms with Gasteiger partial charge in [-0.2, -0.15) is 0 Å². The fourth-order valence-electron chi connectivity index (χ4n) is 2.33. The lowest BCUT2D eigenvalue weighted by Gasteiger charge is -2.18. The summed E-state index contributed by atoms with van der Waals surface area (Å²) in [6.45, 7) is 3.56. The Morgan fingerprint density at radius 1 is 0.950 bits per heavy atom. The second-order valence-electron chi connectivity index (χ2n) is 4.82. The van der Waals surface area contributed by atoms with E-state index in [-0.39, 0.29) is 11.5 Å². The van der Waals surface area contributed by atoms with Crippen molar-refractivity contribution in [3.8, 4) is 0 Å². The number of hydrogen-bond donors (Lipinski definition) is 1. The van der Waals surface area contributed by atoms with E-state index >= 15 is 0 Å². The zero-order valence-corrected chi connectivity index (χ0v) is 11.6. The van der Waals surface area contributed by atoms with Crippen LogP contribution in [0.1, 0.15) is 24.0 Å². The van der Waals surface area contributed by atoms with Crippen molar-refractivity contribution >= 4 is 0 Å². The summed E-state index contributed by atoms with van der Waals surface area (Å²) in [6.07, 6.45) is 0.357. The van der Waals surface area contributed by atoms with Gasteiger partial charge in [-0.15, -0.1) is 0 Å². The molecule has 20 heavy (non-hydrogen) atoms. The summed E-state index contributed by atoms with van der Waals surface area (Å²) in [6, 6.07) is 13.9. The van der Waals surface area contributed by atoms with Crippen molar-refractivity contribution in [1.29, 1.82) is 0 Å². The van der Waals surface area contributed by atoms with E-state index in [1.807, 2.05) is 37.3 Å². The van der Waals surface area contributed by atoms with E-state index in [1.165, 1.54) is 18.2 Å². The molecule has 0 aliphatic rings. The van der Waals surface area contributed by atoms with Crippen molar-refractivity contribution in [2.45, 2.75) is 19.3 Å². The van der Waals surface area contributed by atoms with E-state index in [0.29, 0.717) is 13.0 Å². The monoisotopic (exact) mass is 275 g/mol. The van der Waals surface area contributed by atoms with Gasteiger partial charge in [-0.1, -0.05) is 43.3 Å². The molecular weight excluding hydrogens is 256 g/mol. The van der Waals surface area contributed by atoms with Crippen LogP contribution in [0.2, 0.25) is 0 Å². The average molecular weight is 275 g/mol. The zero-order chi connectivity index (χ0) is 14.4. The standard InChI is InChI=1S/C17H19F2N/c1-2-20-12-14(13-7-4-3-5-8-13)11-15-16(18)9-6-10-17(15)19/h3-10,14,20H,2,11-12H2,1H3. The molecule has 0 saturated carbocycles. The molecule has 2 rings (SSSR count). The quantitative estimate of drug-likeness (QED) is 0.843. The molecule has 1 unspecified atom stereocenters. The highest BCUT2D eigenvalue weighted by Gasteiger charge is 2.17. The SMILES string of the molecule is CCNCC(Cc1c(F)cccc1F)c1ccccc1. The largest absolute Gasteiger partial charge is 0.316 e. The number of benzene rings is 2. The molecule has 0 heterocycles. The van der Waals surface area contributed by atoms with Crippen molar-refractivity contribution in [3.05, 3.63) is 71.3 Å². The molecule has 1 atom stereocenters. The third-order valence-electron chi connectivity index (χ3n) is 3.42. The minimum atomic E-state index is -0.470. The number of rotatable bonds is 6. The maximum Gasteiger partial charge on any atom is 0.129 e. The van der Waals surface area contributed by atoms with Gasteiger partial charge in [-0.25, -0.2) is 8.78 Å². The van der Waals surface area contributed by atoms with Gasteiger partial charge in [0.15, 0.2) is 0 Å². The first kappa shape index (κ1) is 14.7. The van der Waals surface area contributed by atoms with Crippen LogP contribution >= 0.6 is 0 Å². The highest BCUT2D eigenvalue weighted by Crippen LogP contribution is 2.23. The molecule has 2 aromatic rings. The molecule has 0 aliphatic heterocycles. The maximum absolute atomic E-state index is 13.8. The molecule has 0 spiro atoms. The zero-order valence-electron chi connectivity index (χ0n) is 11.6. The Bertz CT molecular complexity index is 520. The lowest BCUT2D eigenvalue weighted by molar-refractivity contribution is 0.523. The van der Waals surface area contributed by atoms with Crippen molar-refractivity contribution < 1.29 is 8.78 Å². The van der Waals surface area contributed by atoms with Crippen LogP contribution in [0.4, 0.5) is 8.78 Å². The van der Waals surface area contributed by atoms with Gasteiger partial charge >= 0.3 is 0 Å². The first-order chi connectivity index (χ1) is 9.72. The van der Waals surface area contributed by atoms with E-state index in [0.717, 1.165) is 12.1 Å². The van der Waals surface area contributed by atoms with E-state index in [4.69, 9.17) is 0 Å². The molecule has 0 saturated heterocycles. The molecule has 0 radical (unpaired) electrons. The van der Waals surface area contributed by atoms with Crippen molar-refractivity contribution in [1.82, 2.24) is 5.32 Å². The third kappa shape index (κ3) is 3.64. The first-order valence-electron chi connectivity index (χ1n) is 6.91. The Balaban J connectivity index is 2.24. The van der Waals surface area contributed by atoms with Gasteiger partial charge in [-0.3, -0.25) is 0 Å². The van der Waals surface area contributed by atoms with Gasteiger partial charge in [0.1, 0.15) is 11.6 Å². The highest BCUT2D eigenvalue weighted by molar-refractivity contribution is 5.26. The summed E-state index contributed by atoms with van der Waals surface area (Å²) >= 11 is 0. The summed E-state index contributed by atoms with van der Waals surface area (Å²) in [7, 11) is 0. The average Bonchev–Trinajstić information content (AvgIpc) is 2.47. The van der Waals surface area contributed by atoms with Crippen molar-refractivity contribution in [3.63, 3.8) is 0 Å². The van der Waals surface area contributed by atoms with E-state index in [1.54, 1.807) is 0 Å². The molecule has 0 aromatic heterocycles. The number of nitrogens with one attached hydrogen (secondary N) is 1. The van der Waals surface area contributed by atoms with Crippen LogP contribution in [0.5, 0.6) is 0 Å². The molecular formula is C17H19F2N. The Labute approximate surface area is 118 Å². The second-order valence-corrected chi connectivity index (χ2v) is 4.82. The van der Waals surface area contributed by atoms with Crippen LogP contribution in [0.3, 0.4) is 0 Å². The number of hydrogen-bond acceptors (Lipinski definition) is 1. The van der Waals surface area contributed by atoms with Crippen LogP contribution in [0.15, 0.2) is 48.5 Å². The van der Waals surface area contributed by atoms with E-state index in [2.05, 4.69) is 5.32 Å². The Hall–Kier alpha value is -1.74. The molecule has 1 N–H and O–H groups in total. The van der Waals surface area contributed by atoms with Gasteiger partial charge in [-0.05, 0) is 30.7 Å². The van der Waals surface area contributed by atoms with Crippen molar-refractivity contribution in [2.24, 2.45) is 0 Å². The van der Waals surface area contributed by atoms with Gasteiger partial charge in [0.25, 0.3) is 0 Å². The highest BCUT2D eigenvalue weighted by atomic mass is 19.1. The Morgan fingerprint density at radius 2 is 1.60 bits per heavy atom. The number of likely N-dealkylation sites (N-methyl/N-ethyl adjacent to an activating group) is 1. The van der Waals surface area contributed by atoms with E-state index in [9.17, 15) is 8.78 Å². The molecule has 0 bridgehead atoms. The van der Waals surface area contributed by atoms with Crippen LogP contribution < -0.4 is 5.32 Å². The Morgan fingerprint density at radius 3 is 2.20 bits per heavy atom. The minimum absolute atomic E-state index is 0.0579. The number of halogens is 2. The Kier molecular flexibility index (Phi) is 5.24. The van der Waals surface area contributed by atoms with Crippen molar-refractivity contribution in [2.75, 3.05) is 13.1 Å². The molecule has 106 valence electrons. The van der Waals surface area contributed by atoms with Gasteiger partial charge in [0.05, 0.1) is 0 Å². The van der Waals surface area contributed by atoms with Crippen LogP contribution in [0, 0.1) is 11.6 Å². The molecule has 1 nitrogen and oxygen atoms in total. The molecule has 0 aliphatic carbocycles. The molecule has 0 amide bonds. The second kappa shape index (κ2) is 7.15. The van der Waals surface area contributed by atoms with Crippen LogP contribution in [-0.2, 0) is 6.42 Å². The predicted octanol–water partition coefficient (Wildman–Crippen LogP) is 3.90. The summed E-state index contributed by atoms with van der Waals surface area (Å²) in [5, 5.41) is 3.26. The van der Waals surface area contributed by atoms with Crippen LogP contribution in [0.25, 0.3) is 0 Å². The summed E-state index contributed by atoms with van der Waals surface area (Å²) in [5.74, 6) is -0.882. The molecule has 0 fully saturated rings. The summed E-state index contributed by atoms with van der Waals surface area (Å²) in [5.41, 5.74) is 1.26. The third-order valence-corrected chi connectivity index (χ3v) is 3.42. The normalized spacial score (nSPS) is 12.3. The van der Waals surface area contributed by atoms with Gasteiger partial charge in [0.2, 0.25) is 0 Å². The first-order valence-corrected chi connectivity index (χ1v) is 6.91. The predicted molar refractivity (Wildman–Crippen MR) is 77.8 cm³/mol. The molecule has 3 heteroatoms. The fourth-order valence-corrected chi connectivity index (χ4v) is 2.33. The lowest BCUT2D eigenvalue weighted by atomic mass is 9.91. The minimum Gasteiger partial charge on any atom is -0.316 e. The summed E-state index contributed by atoms with van der Waals surface area (Å²) in [4.78, 5) is 0. The van der Waals surface area contributed by atoms with Crippen LogP contribution in [-0.4, -0.2) is 13.1 Å². The topological polar surface area (TPSA) is 12.0 Å². The van der Waals surface area contributed by atoms with E-state index < -0.39 is 11.6 Å². The van der Waals surface area contributed by atoms with Gasteiger partial charge in [0, 0.05) is 18.0 Å². The smallest absolute Gasteiger partial charge is 0.129 e. The maximum atomic E-state index is 13.8. The molecule has 2 aromatic carbocycles. The lowest BCUT2D eigenvalue weighted by Crippen LogP contribution is -2.23. The van der Waals surface area contributed by atoms with Gasteiger partial charge < -0.3 is 5.32 Å². The fraction of sp³-hybridized carbons (Fsp3) is 0.294.